The molecule has 0 aliphatic carbocycles. The van der Waals surface area contributed by atoms with Gasteiger partial charge in [0.2, 0.25) is 0 Å². The zero-order valence-electron chi connectivity index (χ0n) is 17.2. The molecule has 1 aromatic heterocycles. The number of hydrogen-bond donors (Lipinski definition) is 0. The zero-order chi connectivity index (χ0) is 23.1. The summed E-state index contributed by atoms with van der Waals surface area (Å²) in [4.78, 5) is 21.6. The third-order valence-electron chi connectivity index (χ3n) is 3.93. The highest BCUT2D eigenvalue weighted by Gasteiger charge is 2.33. The van der Waals surface area contributed by atoms with E-state index in [-0.39, 0.29) is 17.3 Å². The van der Waals surface area contributed by atoms with Crippen molar-refractivity contribution in [3.8, 4) is 0 Å². The van der Waals surface area contributed by atoms with Crippen LogP contribution in [0.15, 0.2) is 36.4 Å². The van der Waals surface area contributed by atoms with Crippen LogP contribution in [0.3, 0.4) is 0 Å². The van der Waals surface area contributed by atoms with E-state index in [1.54, 1.807) is 16.8 Å². The second kappa shape index (κ2) is 10.8. The number of aldehydes is 1. The van der Waals surface area contributed by atoms with E-state index in [2.05, 4.69) is 9.84 Å². The number of methoxy groups -OCH3 is 1. The molecule has 0 aliphatic rings. The van der Waals surface area contributed by atoms with Gasteiger partial charge >= 0.3 is 12.1 Å². The van der Waals surface area contributed by atoms with Gasteiger partial charge < -0.3 is 4.74 Å². The minimum atomic E-state index is -4.54. The number of halogens is 4. The van der Waals surface area contributed by atoms with Gasteiger partial charge in [-0.2, -0.15) is 18.3 Å². The lowest BCUT2D eigenvalue weighted by Gasteiger charge is -2.09. The summed E-state index contributed by atoms with van der Waals surface area (Å²) in [6.45, 7) is 5.94. The molecule has 0 amide bonds. The van der Waals surface area contributed by atoms with Crippen molar-refractivity contribution in [2.24, 2.45) is 7.05 Å². The first-order valence-corrected chi connectivity index (χ1v) is 9.30. The van der Waals surface area contributed by atoms with Crippen LogP contribution in [0.1, 0.15) is 45.8 Å². The average Bonchev–Trinajstić information content (AvgIpc) is 3.01. The Morgan fingerprint density at radius 2 is 1.83 bits per heavy atom. The summed E-state index contributed by atoms with van der Waals surface area (Å²) in [5.41, 5.74) is 0.930. The predicted molar refractivity (Wildman–Crippen MR) is 110 cm³/mol. The van der Waals surface area contributed by atoms with Gasteiger partial charge in [0, 0.05) is 18.0 Å². The Bertz CT molecular complexity index is 1030. The first-order valence-electron chi connectivity index (χ1n) is 8.92. The fraction of sp³-hybridized carbons (Fsp3) is 0.286. The fourth-order valence-electron chi connectivity index (χ4n) is 2.59. The molecule has 0 spiro atoms. The van der Waals surface area contributed by atoms with Gasteiger partial charge in [0.15, 0.2) is 6.29 Å². The van der Waals surface area contributed by atoms with Crippen LogP contribution in [0, 0.1) is 6.92 Å². The van der Waals surface area contributed by atoms with E-state index in [1.165, 1.54) is 13.2 Å². The number of ether oxygens (including phenoxy) is 1. The lowest BCUT2D eigenvalue weighted by Crippen LogP contribution is -2.08. The van der Waals surface area contributed by atoms with Crippen LogP contribution >= 0.6 is 11.6 Å². The van der Waals surface area contributed by atoms with Crippen LogP contribution in [0.2, 0.25) is 5.02 Å². The summed E-state index contributed by atoms with van der Waals surface area (Å²) in [6, 6.07) is 8.64. The standard InChI is InChI=1S/C11H12N2O2.C8H4ClF3O.C2H6/c1-7-9-5-4-8(11(14)15-3)6-10(9)13(2)12-7;9-7-3-1-2-6(5(7)4-13)8(10,11)12;1-2/h4-6H,1-3H3;1-4H;1-2H3. The molecular formula is C21H22ClF3N2O3. The monoisotopic (exact) mass is 442 g/mol. The molecule has 0 saturated heterocycles. The molecule has 3 rings (SSSR count). The maximum absolute atomic E-state index is 12.2. The van der Waals surface area contributed by atoms with Crippen LogP contribution in [0.5, 0.6) is 0 Å². The molecule has 30 heavy (non-hydrogen) atoms. The summed E-state index contributed by atoms with van der Waals surface area (Å²) < 4.78 is 43.0. The number of fused-ring (bicyclic) bond motifs is 1. The molecule has 0 unspecified atom stereocenters. The highest BCUT2D eigenvalue weighted by atomic mass is 35.5. The van der Waals surface area contributed by atoms with Gasteiger partial charge in [-0.1, -0.05) is 37.6 Å². The fourth-order valence-corrected chi connectivity index (χ4v) is 2.81. The lowest BCUT2D eigenvalue weighted by atomic mass is 10.1. The molecule has 9 heteroatoms. The van der Waals surface area contributed by atoms with E-state index < -0.39 is 17.3 Å². The number of aromatic nitrogens is 2. The van der Waals surface area contributed by atoms with Gasteiger partial charge in [-0.25, -0.2) is 4.79 Å². The summed E-state index contributed by atoms with van der Waals surface area (Å²) in [5, 5.41) is 5.15. The van der Waals surface area contributed by atoms with Crippen LogP contribution in [-0.4, -0.2) is 29.1 Å². The van der Waals surface area contributed by atoms with Crippen molar-refractivity contribution in [2.75, 3.05) is 7.11 Å². The first kappa shape index (κ1) is 25.2. The molecular weight excluding hydrogens is 421 g/mol. The third kappa shape index (κ3) is 5.82. The Morgan fingerprint density at radius 1 is 1.20 bits per heavy atom. The molecule has 0 radical (unpaired) electrons. The smallest absolute Gasteiger partial charge is 0.417 e. The predicted octanol–water partition coefficient (Wildman–Crippen LogP) is 5.87. The summed E-state index contributed by atoms with van der Waals surface area (Å²) in [6.07, 6.45) is -4.44. The summed E-state index contributed by atoms with van der Waals surface area (Å²) >= 11 is 5.40. The molecule has 5 nitrogen and oxygen atoms in total. The minimum Gasteiger partial charge on any atom is -0.465 e. The SMILES string of the molecule is CC.COC(=O)c1ccc2c(C)nn(C)c2c1.O=Cc1c(Cl)cccc1C(F)(F)F. The maximum atomic E-state index is 12.2. The van der Waals surface area contributed by atoms with Crippen LogP contribution in [0.25, 0.3) is 10.9 Å². The molecule has 0 fully saturated rings. The topological polar surface area (TPSA) is 61.2 Å². The van der Waals surface area contributed by atoms with Crippen LogP contribution < -0.4 is 0 Å². The van der Waals surface area contributed by atoms with Crippen LogP contribution in [-0.2, 0) is 18.0 Å². The van der Waals surface area contributed by atoms with Gasteiger partial charge in [0.05, 0.1) is 34.5 Å². The normalized spacial score (nSPS) is 10.4. The number of carbonyl (C=O) groups excluding carboxylic acids is 2. The molecule has 0 atom stereocenters. The van der Waals surface area contributed by atoms with Crippen molar-refractivity contribution in [1.82, 2.24) is 9.78 Å². The first-order chi connectivity index (χ1) is 14.1. The van der Waals surface area contributed by atoms with Crippen molar-refractivity contribution in [1.29, 1.82) is 0 Å². The Balaban J connectivity index is 0.000000280. The molecule has 3 aromatic rings. The van der Waals surface area contributed by atoms with Gasteiger partial charge in [-0.15, -0.1) is 0 Å². The molecule has 162 valence electrons. The second-order valence-electron chi connectivity index (χ2n) is 5.75. The summed E-state index contributed by atoms with van der Waals surface area (Å²) in [5.74, 6) is -0.323. The Labute approximate surface area is 177 Å². The van der Waals surface area contributed by atoms with Crippen molar-refractivity contribution < 1.29 is 27.5 Å². The van der Waals surface area contributed by atoms with Crippen molar-refractivity contribution in [3.63, 3.8) is 0 Å². The van der Waals surface area contributed by atoms with Gasteiger partial charge in [0.25, 0.3) is 0 Å². The third-order valence-corrected chi connectivity index (χ3v) is 4.26. The summed E-state index contributed by atoms with van der Waals surface area (Å²) in [7, 11) is 3.23. The number of esters is 1. The van der Waals surface area contributed by atoms with Gasteiger partial charge in [-0.05, 0) is 31.2 Å². The zero-order valence-corrected chi connectivity index (χ0v) is 17.9. The molecule has 0 saturated carbocycles. The van der Waals surface area contributed by atoms with Crippen molar-refractivity contribution >= 4 is 34.8 Å². The second-order valence-corrected chi connectivity index (χ2v) is 6.16. The number of rotatable bonds is 2. The molecule has 1 heterocycles. The quantitative estimate of drug-likeness (QED) is 0.368. The minimum absolute atomic E-state index is 0.102. The van der Waals surface area contributed by atoms with Gasteiger partial charge in [0.1, 0.15) is 0 Å². The highest BCUT2D eigenvalue weighted by Crippen LogP contribution is 2.33. The molecule has 0 N–H and O–H groups in total. The van der Waals surface area contributed by atoms with E-state index in [1.807, 2.05) is 33.9 Å². The molecule has 0 aliphatic heterocycles. The van der Waals surface area contributed by atoms with E-state index in [4.69, 9.17) is 11.6 Å². The van der Waals surface area contributed by atoms with E-state index in [0.717, 1.165) is 28.7 Å². The average molecular weight is 443 g/mol. The van der Waals surface area contributed by atoms with Crippen LogP contribution in [0.4, 0.5) is 13.2 Å². The molecule has 0 bridgehead atoms. The lowest BCUT2D eigenvalue weighted by molar-refractivity contribution is -0.137. The van der Waals surface area contributed by atoms with Gasteiger partial charge in [-0.3, -0.25) is 9.48 Å². The Hall–Kier alpha value is -2.87. The number of nitrogens with zero attached hydrogens (tertiary/aromatic N) is 2. The highest BCUT2D eigenvalue weighted by molar-refractivity contribution is 6.33. The van der Waals surface area contributed by atoms with E-state index >= 15 is 0 Å². The number of hydrogen-bond acceptors (Lipinski definition) is 4. The Kier molecular flexibility index (Phi) is 9.04. The Morgan fingerprint density at radius 3 is 2.33 bits per heavy atom. The number of benzene rings is 2. The molecule has 2 aromatic carbocycles. The number of alkyl halides is 3. The number of carbonyl (C=O) groups is 2. The van der Waals surface area contributed by atoms with E-state index in [0.29, 0.717) is 5.56 Å². The van der Waals surface area contributed by atoms with Crippen molar-refractivity contribution in [3.05, 3.63) is 63.8 Å². The number of aryl methyl sites for hydroxylation is 2. The largest absolute Gasteiger partial charge is 0.465 e. The van der Waals surface area contributed by atoms with Crippen molar-refractivity contribution in [2.45, 2.75) is 26.9 Å². The van der Waals surface area contributed by atoms with E-state index in [9.17, 15) is 22.8 Å². The maximum Gasteiger partial charge on any atom is 0.417 e.